The van der Waals surface area contributed by atoms with Crippen LogP contribution in [0.5, 0.6) is 0 Å². The van der Waals surface area contributed by atoms with E-state index >= 15 is 0 Å². The van der Waals surface area contributed by atoms with Crippen LogP contribution >= 0.6 is 22.9 Å². The molecule has 0 aromatic carbocycles. The van der Waals surface area contributed by atoms with E-state index in [1.165, 1.54) is 29.7 Å². The van der Waals surface area contributed by atoms with Crippen molar-refractivity contribution in [3.63, 3.8) is 0 Å². The highest BCUT2D eigenvalue weighted by Crippen LogP contribution is 2.37. The van der Waals surface area contributed by atoms with Crippen molar-refractivity contribution in [2.45, 2.75) is 31.7 Å². The van der Waals surface area contributed by atoms with Crippen molar-refractivity contribution < 1.29 is 0 Å². The molecule has 3 rings (SSSR count). The highest BCUT2D eigenvalue weighted by molar-refractivity contribution is 7.16. The molecule has 1 N–H and O–H groups in total. The SMILES string of the molecule is Cn1cnnc1CCNC1CCCc2sc(Cl)cc21. The first-order chi connectivity index (χ1) is 9.24. The largest absolute Gasteiger partial charge is 0.321 e. The molecule has 0 saturated carbocycles. The quantitative estimate of drug-likeness (QED) is 0.943. The van der Waals surface area contributed by atoms with Gasteiger partial charge in [-0.1, -0.05) is 11.6 Å². The molecule has 1 aliphatic carbocycles. The summed E-state index contributed by atoms with van der Waals surface area (Å²) in [6, 6.07) is 2.57. The maximum absolute atomic E-state index is 6.12. The Balaban J connectivity index is 1.60. The highest BCUT2D eigenvalue weighted by atomic mass is 35.5. The number of thiophene rings is 1. The molecule has 1 atom stereocenters. The van der Waals surface area contributed by atoms with E-state index in [1.807, 2.05) is 11.6 Å². The highest BCUT2D eigenvalue weighted by Gasteiger charge is 2.22. The van der Waals surface area contributed by atoms with E-state index < -0.39 is 0 Å². The summed E-state index contributed by atoms with van der Waals surface area (Å²) in [5.41, 5.74) is 1.40. The predicted molar refractivity (Wildman–Crippen MR) is 77.7 cm³/mol. The van der Waals surface area contributed by atoms with Crippen LogP contribution in [0.25, 0.3) is 0 Å². The van der Waals surface area contributed by atoms with Crippen LogP contribution in [0.2, 0.25) is 4.34 Å². The Morgan fingerprint density at radius 2 is 2.47 bits per heavy atom. The number of aromatic nitrogens is 3. The van der Waals surface area contributed by atoms with E-state index in [0.717, 1.165) is 23.1 Å². The molecule has 0 aliphatic heterocycles. The topological polar surface area (TPSA) is 42.7 Å². The minimum atomic E-state index is 0.445. The molecule has 2 aromatic rings. The predicted octanol–water partition coefficient (Wildman–Crippen LogP) is 2.74. The van der Waals surface area contributed by atoms with Gasteiger partial charge in [0.1, 0.15) is 12.2 Å². The fraction of sp³-hybridized carbons (Fsp3) is 0.538. The Bertz CT molecular complexity index is 563. The van der Waals surface area contributed by atoms with Crippen LogP contribution in [0.4, 0.5) is 0 Å². The minimum absolute atomic E-state index is 0.445. The molecule has 2 aromatic heterocycles. The molecule has 0 bridgehead atoms. The van der Waals surface area contributed by atoms with Gasteiger partial charge in [-0.05, 0) is 30.9 Å². The maximum atomic E-state index is 6.12. The van der Waals surface area contributed by atoms with Crippen LogP contribution in [0, 0.1) is 0 Å². The van der Waals surface area contributed by atoms with Gasteiger partial charge in [0.2, 0.25) is 0 Å². The monoisotopic (exact) mass is 296 g/mol. The van der Waals surface area contributed by atoms with Crippen molar-refractivity contribution in [2.75, 3.05) is 6.54 Å². The molecule has 19 heavy (non-hydrogen) atoms. The zero-order valence-electron chi connectivity index (χ0n) is 10.9. The molecule has 1 unspecified atom stereocenters. The van der Waals surface area contributed by atoms with Crippen molar-refractivity contribution in [3.05, 3.63) is 33.0 Å². The minimum Gasteiger partial charge on any atom is -0.321 e. The van der Waals surface area contributed by atoms with Gasteiger partial charge in [0.15, 0.2) is 0 Å². The van der Waals surface area contributed by atoms with E-state index in [0.29, 0.717) is 6.04 Å². The van der Waals surface area contributed by atoms with E-state index in [-0.39, 0.29) is 0 Å². The second-order valence-electron chi connectivity index (χ2n) is 4.94. The van der Waals surface area contributed by atoms with Gasteiger partial charge >= 0.3 is 0 Å². The second-order valence-corrected chi connectivity index (χ2v) is 6.70. The maximum Gasteiger partial charge on any atom is 0.133 e. The van der Waals surface area contributed by atoms with Crippen molar-refractivity contribution in [1.29, 1.82) is 0 Å². The van der Waals surface area contributed by atoms with E-state index in [2.05, 4.69) is 21.6 Å². The zero-order chi connectivity index (χ0) is 13.2. The normalized spacial score (nSPS) is 18.5. The molecular formula is C13H17ClN4S. The van der Waals surface area contributed by atoms with Gasteiger partial charge in [0.25, 0.3) is 0 Å². The summed E-state index contributed by atoms with van der Waals surface area (Å²) >= 11 is 7.85. The lowest BCUT2D eigenvalue weighted by Gasteiger charge is -2.23. The van der Waals surface area contributed by atoms with Crippen LogP contribution in [-0.4, -0.2) is 21.3 Å². The fourth-order valence-corrected chi connectivity index (χ4v) is 4.01. The smallest absolute Gasteiger partial charge is 0.133 e. The van der Waals surface area contributed by atoms with Crippen LogP contribution < -0.4 is 5.32 Å². The van der Waals surface area contributed by atoms with Gasteiger partial charge in [-0.25, -0.2) is 0 Å². The Kier molecular flexibility index (Phi) is 3.86. The van der Waals surface area contributed by atoms with Gasteiger partial charge in [-0.15, -0.1) is 21.5 Å². The first kappa shape index (κ1) is 13.1. The fourth-order valence-electron chi connectivity index (χ4n) is 2.63. The van der Waals surface area contributed by atoms with Crippen molar-refractivity contribution in [3.8, 4) is 0 Å². The molecule has 6 heteroatoms. The molecule has 1 aliphatic rings. The van der Waals surface area contributed by atoms with Gasteiger partial charge < -0.3 is 9.88 Å². The van der Waals surface area contributed by atoms with Gasteiger partial charge in [0, 0.05) is 30.9 Å². The van der Waals surface area contributed by atoms with Crippen LogP contribution in [0.1, 0.15) is 35.1 Å². The molecular weight excluding hydrogens is 280 g/mol. The van der Waals surface area contributed by atoms with Crippen molar-refractivity contribution >= 4 is 22.9 Å². The van der Waals surface area contributed by atoms with Crippen molar-refractivity contribution in [1.82, 2.24) is 20.1 Å². The summed E-state index contributed by atoms with van der Waals surface area (Å²) in [6.07, 6.45) is 6.26. The van der Waals surface area contributed by atoms with E-state index in [9.17, 15) is 0 Å². The third-order valence-corrected chi connectivity index (χ3v) is 4.97. The molecule has 2 heterocycles. The number of halogens is 1. The van der Waals surface area contributed by atoms with Gasteiger partial charge in [0.05, 0.1) is 4.34 Å². The molecule has 0 radical (unpaired) electrons. The summed E-state index contributed by atoms with van der Waals surface area (Å²) in [4.78, 5) is 1.45. The van der Waals surface area contributed by atoms with Crippen molar-refractivity contribution in [2.24, 2.45) is 7.05 Å². The summed E-state index contributed by atoms with van der Waals surface area (Å²) < 4.78 is 2.88. The number of hydrogen-bond donors (Lipinski definition) is 1. The average molecular weight is 297 g/mol. The number of hydrogen-bond acceptors (Lipinski definition) is 4. The third kappa shape index (κ3) is 2.83. The Morgan fingerprint density at radius 1 is 1.58 bits per heavy atom. The Labute approximate surface area is 121 Å². The van der Waals surface area contributed by atoms with E-state index in [4.69, 9.17) is 11.6 Å². The molecule has 0 fully saturated rings. The lowest BCUT2D eigenvalue weighted by molar-refractivity contribution is 0.463. The summed E-state index contributed by atoms with van der Waals surface area (Å²) in [7, 11) is 1.98. The summed E-state index contributed by atoms with van der Waals surface area (Å²) in [6.45, 7) is 0.921. The van der Waals surface area contributed by atoms with Crippen LogP contribution in [0.15, 0.2) is 12.4 Å². The Hall–Kier alpha value is -0.910. The average Bonchev–Trinajstić information content (AvgIpc) is 2.95. The molecule has 0 spiro atoms. The standard InChI is InChI=1S/C13H17ClN4S/c1-18-8-16-17-13(18)5-6-15-10-3-2-4-11-9(10)7-12(14)19-11/h7-8,10,15H,2-6H2,1H3. The third-order valence-electron chi connectivity index (χ3n) is 3.63. The number of rotatable bonds is 4. The van der Waals surface area contributed by atoms with E-state index in [1.54, 1.807) is 17.7 Å². The number of aryl methyl sites for hydroxylation is 2. The summed E-state index contributed by atoms with van der Waals surface area (Å²) in [5, 5.41) is 11.6. The van der Waals surface area contributed by atoms with Gasteiger partial charge in [-0.3, -0.25) is 0 Å². The first-order valence-corrected chi connectivity index (χ1v) is 7.78. The second kappa shape index (κ2) is 5.61. The molecule has 102 valence electrons. The number of nitrogens with zero attached hydrogens (tertiary/aromatic N) is 3. The molecule has 0 saturated heterocycles. The lowest BCUT2D eigenvalue weighted by atomic mass is 9.94. The zero-order valence-corrected chi connectivity index (χ0v) is 12.5. The number of fused-ring (bicyclic) bond motifs is 1. The Morgan fingerprint density at radius 3 is 3.26 bits per heavy atom. The van der Waals surface area contributed by atoms with Crippen LogP contribution in [-0.2, 0) is 19.9 Å². The summed E-state index contributed by atoms with van der Waals surface area (Å²) in [5.74, 6) is 1.02. The molecule has 0 amide bonds. The number of nitrogens with one attached hydrogen (secondary N) is 1. The molecule has 4 nitrogen and oxygen atoms in total. The van der Waals surface area contributed by atoms with Crippen LogP contribution in [0.3, 0.4) is 0 Å². The first-order valence-electron chi connectivity index (χ1n) is 6.58. The lowest BCUT2D eigenvalue weighted by Crippen LogP contribution is -2.26. The van der Waals surface area contributed by atoms with Gasteiger partial charge in [-0.2, -0.15) is 0 Å².